The van der Waals surface area contributed by atoms with Crippen molar-refractivity contribution in [2.75, 3.05) is 11.9 Å². The lowest BCUT2D eigenvalue weighted by Crippen LogP contribution is -2.12. The van der Waals surface area contributed by atoms with Crippen molar-refractivity contribution >= 4 is 11.9 Å². The van der Waals surface area contributed by atoms with Gasteiger partial charge in [-0.25, -0.2) is 0 Å². The summed E-state index contributed by atoms with van der Waals surface area (Å²) in [6.45, 7) is 3.29. The van der Waals surface area contributed by atoms with E-state index < -0.39 is 0 Å². The van der Waals surface area contributed by atoms with Crippen LogP contribution in [0.5, 0.6) is 0 Å². The van der Waals surface area contributed by atoms with Gasteiger partial charge in [-0.15, -0.1) is 0 Å². The average molecular weight is 271 g/mol. The zero-order valence-corrected chi connectivity index (χ0v) is 11.1. The maximum absolute atomic E-state index is 12.1. The van der Waals surface area contributed by atoms with Crippen LogP contribution >= 0.6 is 0 Å². The van der Waals surface area contributed by atoms with E-state index in [4.69, 9.17) is 9.63 Å². The van der Waals surface area contributed by atoms with Crippen molar-refractivity contribution < 1.29 is 14.4 Å². The minimum atomic E-state index is -0.357. The Morgan fingerprint density at radius 3 is 2.85 bits per heavy atom. The van der Waals surface area contributed by atoms with Gasteiger partial charge in [-0.05, 0) is 37.6 Å². The number of aliphatic hydroxyl groups is 1. The van der Waals surface area contributed by atoms with E-state index >= 15 is 0 Å². The fourth-order valence-electron chi connectivity index (χ4n) is 1.65. The predicted molar refractivity (Wildman–Crippen MR) is 72.1 cm³/mol. The number of anilines is 1. The summed E-state index contributed by atoms with van der Waals surface area (Å²) in [5.74, 6) is 5.40. The second-order valence-electron chi connectivity index (χ2n) is 4.15. The molecular weight excluding hydrogens is 258 g/mol. The number of aliphatic hydroxyl groups excluding tert-OH is 1. The number of rotatable bonds is 2. The standard InChI is InChI=1S/C14H13N3O3/c1-9-6-11(4-3-5-18)8-12(7-9)13(19)16-14-15-10(2)17-20-14/h6-8,18H,5H2,1-2H3,(H,15,16,17,19). The number of aromatic nitrogens is 2. The van der Waals surface area contributed by atoms with Crippen LogP contribution in [0.3, 0.4) is 0 Å². The topological polar surface area (TPSA) is 88.2 Å². The second-order valence-corrected chi connectivity index (χ2v) is 4.15. The first-order valence-corrected chi connectivity index (χ1v) is 5.91. The molecule has 2 aromatic rings. The number of nitrogens with one attached hydrogen (secondary N) is 1. The largest absolute Gasteiger partial charge is 0.384 e. The number of aryl methyl sites for hydroxylation is 2. The van der Waals surface area contributed by atoms with Gasteiger partial charge in [-0.1, -0.05) is 17.0 Å². The Morgan fingerprint density at radius 1 is 1.40 bits per heavy atom. The number of carbonyl (C=O) groups excluding carboxylic acids is 1. The summed E-state index contributed by atoms with van der Waals surface area (Å²) in [6.07, 6.45) is 0. The molecule has 0 aliphatic heterocycles. The molecule has 0 bridgehead atoms. The third-order valence-electron chi connectivity index (χ3n) is 2.40. The van der Waals surface area contributed by atoms with Crippen LogP contribution in [-0.4, -0.2) is 27.8 Å². The van der Waals surface area contributed by atoms with Gasteiger partial charge in [0, 0.05) is 11.1 Å². The molecule has 0 aliphatic carbocycles. The second kappa shape index (κ2) is 5.99. The smallest absolute Gasteiger partial charge is 0.328 e. The molecule has 2 N–H and O–H groups in total. The molecule has 0 fully saturated rings. The third-order valence-corrected chi connectivity index (χ3v) is 2.40. The van der Waals surface area contributed by atoms with Crippen LogP contribution in [0, 0.1) is 25.7 Å². The first-order chi connectivity index (χ1) is 9.58. The van der Waals surface area contributed by atoms with Crippen LogP contribution in [0.25, 0.3) is 0 Å². The minimum absolute atomic E-state index is 0.0528. The number of benzene rings is 1. The zero-order valence-electron chi connectivity index (χ0n) is 11.1. The number of carbonyl (C=O) groups is 1. The molecule has 0 saturated heterocycles. The molecule has 0 atom stereocenters. The van der Waals surface area contributed by atoms with Crippen LogP contribution < -0.4 is 5.32 Å². The van der Waals surface area contributed by atoms with Crippen LogP contribution in [0.2, 0.25) is 0 Å². The Labute approximate surface area is 115 Å². The fraction of sp³-hybridized carbons (Fsp3) is 0.214. The summed E-state index contributed by atoms with van der Waals surface area (Å²) in [4.78, 5) is 16.0. The molecule has 1 aromatic heterocycles. The van der Waals surface area contributed by atoms with Crippen molar-refractivity contribution in [3.05, 3.63) is 40.7 Å². The normalized spacial score (nSPS) is 9.75. The highest BCUT2D eigenvalue weighted by Crippen LogP contribution is 2.11. The van der Waals surface area contributed by atoms with Crippen LogP contribution in [0.15, 0.2) is 22.7 Å². The molecule has 1 aromatic carbocycles. The van der Waals surface area contributed by atoms with Crippen molar-refractivity contribution in [3.63, 3.8) is 0 Å². The first kappa shape index (κ1) is 13.8. The van der Waals surface area contributed by atoms with Crippen LogP contribution in [0.1, 0.15) is 27.3 Å². The molecule has 6 heteroatoms. The first-order valence-electron chi connectivity index (χ1n) is 5.91. The zero-order chi connectivity index (χ0) is 14.5. The Kier molecular flexibility index (Phi) is 4.13. The Bertz CT molecular complexity index is 695. The lowest BCUT2D eigenvalue weighted by molar-refractivity contribution is 0.102. The van der Waals surface area contributed by atoms with E-state index in [2.05, 4.69) is 27.3 Å². The Morgan fingerprint density at radius 2 is 2.20 bits per heavy atom. The summed E-state index contributed by atoms with van der Waals surface area (Å²) in [5.41, 5.74) is 1.98. The van der Waals surface area contributed by atoms with Gasteiger partial charge in [-0.2, -0.15) is 4.98 Å². The summed E-state index contributed by atoms with van der Waals surface area (Å²) < 4.78 is 4.83. The number of hydrogen-bond acceptors (Lipinski definition) is 5. The van der Waals surface area contributed by atoms with Gasteiger partial charge in [0.15, 0.2) is 5.82 Å². The van der Waals surface area contributed by atoms with Gasteiger partial charge in [0.1, 0.15) is 6.61 Å². The lowest BCUT2D eigenvalue weighted by atomic mass is 10.1. The molecule has 102 valence electrons. The Balaban J connectivity index is 2.23. The number of amides is 1. The monoisotopic (exact) mass is 271 g/mol. The number of hydrogen-bond donors (Lipinski definition) is 2. The molecular formula is C14H13N3O3. The number of nitrogens with zero attached hydrogens (tertiary/aromatic N) is 2. The van der Waals surface area contributed by atoms with Crippen molar-refractivity contribution in [2.24, 2.45) is 0 Å². The van der Waals surface area contributed by atoms with Gasteiger partial charge in [-0.3, -0.25) is 10.1 Å². The molecule has 6 nitrogen and oxygen atoms in total. The molecule has 2 rings (SSSR count). The summed E-state index contributed by atoms with van der Waals surface area (Å²) in [5, 5.41) is 14.8. The highest BCUT2D eigenvalue weighted by Gasteiger charge is 2.11. The van der Waals surface area contributed by atoms with Gasteiger partial charge >= 0.3 is 6.01 Å². The molecule has 0 unspecified atom stereocenters. The summed E-state index contributed by atoms with van der Waals surface area (Å²) in [6, 6.07) is 5.24. The van der Waals surface area contributed by atoms with E-state index in [1.807, 2.05) is 13.0 Å². The van der Waals surface area contributed by atoms with E-state index in [9.17, 15) is 4.79 Å². The van der Waals surface area contributed by atoms with Crippen LogP contribution in [-0.2, 0) is 0 Å². The van der Waals surface area contributed by atoms with Crippen molar-refractivity contribution in [3.8, 4) is 11.8 Å². The SMILES string of the molecule is Cc1cc(C#CCO)cc(C(=O)Nc2nc(C)no2)c1. The van der Waals surface area contributed by atoms with Crippen LogP contribution in [0.4, 0.5) is 6.01 Å². The molecule has 0 aliphatic rings. The van der Waals surface area contributed by atoms with E-state index in [0.29, 0.717) is 17.0 Å². The highest BCUT2D eigenvalue weighted by molar-refractivity contribution is 6.03. The summed E-state index contributed by atoms with van der Waals surface area (Å²) in [7, 11) is 0. The van der Waals surface area contributed by atoms with Crippen molar-refractivity contribution in [2.45, 2.75) is 13.8 Å². The van der Waals surface area contributed by atoms with Crippen molar-refractivity contribution in [1.29, 1.82) is 0 Å². The van der Waals surface area contributed by atoms with Gasteiger partial charge < -0.3 is 9.63 Å². The predicted octanol–water partition coefficient (Wildman–Crippen LogP) is 1.28. The molecule has 1 heterocycles. The third kappa shape index (κ3) is 3.43. The highest BCUT2D eigenvalue weighted by atomic mass is 16.5. The molecule has 0 radical (unpaired) electrons. The summed E-state index contributed by atoms with van der Waals surface area (Å²) >= 11 is 0. The van der Waals surface area contributed by atoms with Gasteiger partial charge in [0.25, 0.3) is 5.91 Å². The molecule has 20 heavy (non-hydrogen) atoms. The van der Waals surface area contributed by atoms with E-state index in [1.54, 1.807) is 19.1 Å². The van der Waals surface area contributed by atoms with Gasteiger partial charge in [0.05, 0.1) is 0 Å². The minimum Gasteiger partial charge on any atom is -0.384 e. The van der Waals surface area contributed by atoms with Gasteiger partial charge in [0.2, 0.25) is 0 Å². The molecule has 1 amide bonds. The van der Waals surface area contributed by atoms with E-state index in [1.165, 1.54) is 0 Å². The quantitative estimate of drug-likeness (QED) is 0.803. The van der Waals surface area contributed by atoms with E-state index in [0.717, 1.165) is 5.56 Å². The average Bonchev–Trinajstić information content (AvgIpc) is 2.81. The van der Waals surface area contributed by atoms with Crippen molar-refractivity contribution in [1.82, 2.24) is 10.1 Å². The molecule has 0 spiro atoms. The lowest BCUT2D eigenvalue weighted by Gasteiger charge is -2.03. The fourth-order valence-corrected chi connectivity index (χ4v) is 1.65. The Hall–Kier alpha value is -2.65. The maximum Gasteiger partial charge on any atom is 0.328 e. The van der Waals surface area contributed by atoms with E-state index in [-0.39, 0.29) is 18.5 Å². The maximum atomic E-state index is 12.1. The molecule has 0 saturated carbocycles.